The third kappa shape index (κ3) is 10.1. The first-order valence-corrected chi connectivity index (χ1v) is 9.92. The predicted octanol–water partition coefficient (Wildman–Crippen LogP) is 0.933. The summed E-state index contributed by atoms with van der Waals surface area (Å²) in [4.78, 5) is 45.3. The molecular formula is C23H22N7O4Zn+. The van der Waals surface area contributed by atoms with Crippen LogP contribution in [0.15, 0.2) is 77.5 Å². The van der Waals surface area contributed by atoms with E-state index in [1.165, 1.54) is 12.4 Å². The standard InChI is InChI=1S/C21H19N7O2.C2H4O2.Zn/c1-14(25-27-20(29)16-6-4-10-22-12-16)18-8-3-9-19(24-18)15(2)26-28-21(30)17-7-5-11-23-13-17;1-2(3)4;/h3-13H,1-2H3,(H,27,29)(H,28,30);1H3,(H,3,4);/q;;+2/p-1. The zero-order valence-electron chi connectivity index (χ0n) is 19.4. The van der Waals surface area contributed by atoms with Gasteiger partial charge in [-0.25, -0.2) is 15.8 Å². The molecule has 3 aromatic heterocycles. The van der Waals surface area contributed by atoms with Gasteiger partial charge in [0.1, 0.15) is 0 Å². The first-order valence-electron chi connectivity index (χ1n) is 9.92. The molecule has 2 N–H and O–H groups in total. The molecule has 0 aliphatic rings. The number of hydrazone groups is 2. The number of carbonyl (C=O) groups is 3. The van der Waals surface area contributed by atoms with Crippen LogP contribution in [0.1, 0.15) is 52.9 Å². The molecule has 0 radical (unpaired) electrons. The van der Waals surface area contributed by atoms with Crippen molar-refractivity contribution >= 4 is 29.2 Å². The number of carbonyl (C=O) groups excluding carboxylic acids is 3. The molecule has 11 nitrogen and oxygen atoms in total. The first-order chi connectivity index (χ1) is 16.3. The molecule has 3 rings (SSSR count). The number of hydrogen-bond donors (Lipinski definition) is 2. The van der Waals surface area contributed by atoms with Crippen LogP contribution >= 0.6 is 0 Å². The van der Waals surface area contributed by atoms with Crippen LogP contribution in [0, 0.1) is 0 Å². The Balaban J connectivity index is 0.00000114. The van der Waals surface area contributed by atoms with Crippen molar-refractivity contribution in [1.29, 1.82) is 0 Å². The Morgan fingerprint density at radius 3 is 1.49 bits per heavy atom. The average Bonchev–Trinajstić information content (AvgIpc) is 2.86. The zero-order chi connectivity index (χ0) is 24.9. The molecule has 174 valence electrons. The summed E-state index contributed by atoms with van der Waals surface area (Å²) in [6, 6.07) is 12.0. The Hall–Kier alpha value is -4.18. The van der Waals surface area contributed by atoms with E-state index in [9.17, 15) is 9.59 Å². The van der Waals surface area contributed by atoms with Gasteiger partial charge in [-0.05, 0) is 57.2 Å². The third-order valence-electron chi connectivity index (χ3n) is 3.99. The Morgan fingerprint density at radius 2 is 1.14 bits per heavy atom. The summed E-state index contributed by atoms with van der Waals surface area (Å²) in [5.41, 5.74) is 7.93. The molecule has 35 heavy (non-hydrogen) atoms. The van der Waals surface area contributed by atoms with Crippen molar-refractivity contribution in [3.8, 4) is 0 Å². The summed E-state index contributed by atoms with van der Waals surface area (Å²) in [6.45, 7) is 4.43. The maximum absolute atomic E-state index is 12.1. The first kappa shape index (κ1) is 28.9. The zero-order valence-corrected chi connectivity index (χ0v) is 22.4. The van der Waals surface area contributed by atoms with Crippen molar-refractivity contribution in [2.24, 2.45) is 10.2 Å². The van der Waals surface area contributed by atoms with Crippen LogP contribution in [0.3, 0.4) is 0 Å². The van der Waals surface area contributed by atoms with E-state index in [4.69, 9.17) is 9.90 Å². The number of hydrogen-bond acceptors (Lipinski definition) is 9. The van der Waals surface area contributed by atoms with Gasteiger partial charge in [0.2, 0.25) is 0 Å². The summed E-state index contributed by atoms with van der Waals surface area (Å²) in [5, 5.41) is 17.1. The van der Waals surface area contributed by atoms with Gasteiger partial charge in [-0.1, -0.05) is 6.07 Å². The third-order valence-corrected chi connectivity index (χ3v) is 3.99. The summed E-state index contributed by atoms with van der Waals surface area (Å²) in [7, 11) is 0. The number of nitrogens with zero attached hydrogens (tertiary/aromatic N) is 5. The van der Waals surface area contributed by atoms with Crippen LogP contribution in [0.25, 0.3) is 0 Å². The minimum Gasteiger partial charge on any atom is -0.550 e. The second kappa shape index (κ2) is 14.9. The number of nitrogens with one attached hydrogen (secondary N) is 2. The van der Waals surface area contributed by atoms with Crippen LogP contribution in [-0.4, -0.2) is 44.2 Å². The molecule has 0 spiro atoms. The Labute approximate surface area is 214 Å². The van der Waals surface area contributed by atoms with Gasteiger partial charge in [-0.15, -0.1) is 0 Å². The quantitative estimate of drug-likeness (QED) is 0.275. The van der Waals surface area contributed by atoms with E-state index < -0.39 is 5.97 Å². The fraction of sp³-hybridized carbons (Fsp3) is 0.130. The van der Waals surface area contributed by atoms with Crippen LogP contribution in [-0.2, 0) is 24.3 Å². The average molecular weight is 526 g/mol. The molecule has 0 fully saturated rings. The van der Waals surface area contributed by atoms with Crippen molar-refractivity contribution in [2.45, 2.75) is 20.8 Å². The molecule has 0 saturated carbocycles. The molecule has 0 saturated heterocycles. The molecule has 2 amide bonds. The Morgan fingerprint density at radius 1 is 0.743 bits per heavy atom. The van der Waals surface area contributed by atoms with E-state index in [-0.39, 0.29) is 31.3 Å². The maximum Gasteiger partial charge on any atom is 2.00 e. The number of pyridine rings is 3. The van der Waals surface area contributed by atoms with E-state index in [0.29, 0.717) is 33.9 Å². The van der Waals surface area contributed by atoms with Gasteiger partial charge in [0.25, 0.3) is 11.8 Å². The molecule has 0 aromatic carbocycles. The number of carboxylic acid groups (broad SMARTS) is 1. The SMILES string of the molecule is CC(=NNC(=O)c1cccnc1)c1cccc(C(C)=NNC(=O)c2cccnc2)n1.CC(=O)[O-].[Zn+2]. The van der Waals surface area contributed by atoms with Crippen LogP contribution in [0.4, 0.5) is 0 Å². The molecule has 3 aromatic rings. The van der Waals surface area contributed by atoms with Crippen molar-refractivity contribution in [3.05, 3.63) is 89.8 Å². The largest absolute Gasteiger partial charge is 2.00 e. The number of aromatic nitrogens is 3. The van der Waals surface area contributed by atoms with Crippen molar-refractivity contribution in [1.82, 2.24) is 25.8 Å². The van der Waals surface area contributed by atoms with E-state index in [2.05, 4.69) is 36.0 Å². The molecule has 3 heterocycles. The molecule has 0 bridgehead atoms. The number of rotatable bonds is 6. The van der Waals surface area contributed by atoms with E-state index in [1.807, 2.05) is 0 Å². The Bertz CT molecular complexity index is 1110. The molecule has 12 heteroatoms. The smallest absolute Gasteiger partial charge is 0.550 e. The Kier molecular flexibility index (Phi) is 12.3. The van der Waals surface area contributed by atoms with Gasteiger partial charge < -0.3 is 9.90 Å². The topological polar surface area (TPSA) is 162 Å². The van der Waals surface area contributed by atoms with E-state index in [1.54, 1.807) is 68.7 Å². The van der Waals surface area contributed by atoms with Gasteiger partial charge in [-0.3, -0.25) is 19.6 Å². The van der Waals surface area contributed by atoms with Crippen LogP contribution in [0.5, 0.6) is 0 Å². The summed E-state index contributed by atoms with van der Waals surface area (Å²) in [6.07, 6.45) is 6.09. The maximum atomic E-state index is 12.1. The van der Waals surface area contributed by atoms with E-state index >= 15 is 0 Å². The number of aliphatic carboxylic acids is 1. The van der Waals surface area contributed by atoms with Gasteiger partial charge in [0.15, 0.2) is 0 Å². The second-order valence-corrected chi connectivity index (χ2v) is 6.66. The van der Waals surface area contributed by atoms with Crippen LogP contribution < -0.4 is 16.0 Å². The van der Waals surface area contributed by atoms with Gasteiger partial charge in [-0.2, -0.15) is 10.2 Å². The number of carboxylic acids is 1. The molecule has 0 aliphatic heterocycles. The normalized spacial score (nSPS) is 10.7. The molecular weight excluding hydrogens is 504 g/mol. The second-order valence-electron chi connectivity index (χ2n) is 6.66. The number of amides is 2. The molecule has 0 aliphatic carbocycles. The van der Waals surface area contributed by atoms with Crippen LogP contribution in [0.2, 0.25) is 0 Å². The minimum atomic E-state index is -1.08. The van der Waals surface area contributed by atoms with Crippen molar-refractivity contribution in [2.75, 3.05) is 0 Å². The molecule has 0 atom stereocenters. The summed E-state index contributed by atoms with van der Waals surface area (Å²) < 4.78 is 0. The summed E-state index contributed by atoms with van der Waals surface area (Å²) in [5.74, 6) is -1.82. The molecule has 0 unspecified atom stereocenters. The predicted molar refractivity (Wildman–Crippen MR) is 123 cm³/mol. The monoisotopic (exact) mass is 524 g/mol. The van der Waals surface area contributed by atoms with Crippen molar-refractivity contribution < 1.29 is 39.0 Å². The van der Waals surface area contributed by atoms with Gasteiger partial charge >= 0.3 is 19.5 Å². The van der Waals surface area contributed by atoms with Gasteiger partial charge in [0, 0.05) is 30.8 Å². The summed E-state index contributed by atoms with van der Waals surface area (Å²) >= 11 is 0. The fourth-order valence-electron chi connectivity index (χ4n) is 2.34. The minimum absolute atomic E-state index is 0. The van der Waals surface area contributed by atoms with E-state index in [0.717, 1.165) is 6.92 Å². The van der Waals surface area contributed by atoms with Crippen molar-refractivity contribution in [3.63, 3.8) is 0 Å². The van der Waals surface area contributed by atoms with Gasteiger partial charge in [0.05, 0.1) is 33.9 Å². The fourth-order valence-corrected chi connectivity index (χ4v) is 2.34.